The quantitative estimate of drug-likeness (QED) is 0.270. The molecule has 0 atom stereocenters. The van der Waals surface area contributed by atoms with Crippen molar-refractivity contribution in [2.24, 2.45) is 16.5 Å². The van der Waals surface area contributed by atoms with Gasteiger partial charge in [0.2, 0.25) is 5.91 Å². The van der Waals surface area contributed by atoms with Crippen LogP contribution >= 0.6 is 24.0 Å². The third-order valence-electron chi connectivity index (χ3n) is 4.48. The van der Waals surface area contributed by atoms with Crippen molar-refractivity contribution < 1.29 is 7.65 Å². The van der Waals surface area contributed by atoms with Gasteiger partial charge in [0, 0.05) is 39.7 Å². The molecule has 0 fully saturated rings. The zero-order valence-corrected chi connectivity index (χ0v) is 17.5. The summed E-state index contributed by atoms with van der Waals surface area (Å²) in [5, 5.41) is 0. The molecule has 0 unspecified atom stereocenters. The Morgan fingerprint density at radius 3 is 2.44 bits per heavy atom. The van der Waals surface area contributed by atoms with Gasteiger partial charge in [-0.3, -0.25) is 4.79 Å². The molecule has 0 saturated heterocycles. The smallest absolute Gasteiger partial charge is 0.219 e. The Labute approximate surface area is 179 Å². The van der Waals surface area contributed by atoms with Crippen LogP contribution in [-0.4, -0.2) is 29.7 Å². The number of halogens is 1. The molecular weight excluding hydrogens is 453 g/mol. The number of nitrogens with two attached hydrogens (primary N) is 3. The summed E-state index contributed by atoms with van der Waals surface area (Å²) < 4.78 is 0. The summed E-state index contributed by atoms with van der Waals surface area (Å²) in [5.41, 5.74) is 23.1. The number of rotatable bonds is 3. The fourth-order valence-corrected chi connectivity index (χ4v) is 2.95. The summed E-state index contributed by atoms with van der Waals surface area (Å²) in [6.07, 6.45) is 0.611. The first-order valence-corrected chi connectivity index (χ1v) is 8.47. The molecular formula is C20H28IN5O. The van der Waals surface area contributed by atoms with E-state index in [-0.39, 0.29) is 32.7 Å². The van der Waals surface area contributed by atoms with E-state index in [2.05, 4.69) is 4.99 Å². The molecule has 2 aromatic rings. The summed E-state index contributed by atoms with van der Waals surface area (Å²) in [6.45, 7) is 2.56. The zero-order valence-electron chi connectivity index (χ0n) is 15.2. The largest absolute Gasteiger partial charge is 0.402 e. The van der Waals surface area contributed by atoms with Gasteiger partial charge in [-0.2, -0.15) is 0 Å². The van der Waals surface area contributed by atoms with E-state index < -0.39 is 0 Å². The summed E-state index contributed by atoms with van der Waals surface area (Å²) >= 11 is 0. The monoisotopic (exact) mass is 481 g/mol. The first-order chi connectivity index (χ1) is 12.4. The molecule has 0 spiro atoms. The van der Waals surface area contributed by atoms with Gasteiger partial charge in [0.15, 0.2) is 0 Å². The Hall–Kier alpha value is -2.55. The van der Waals surface area contributed by atoms with Gasteiger partial charge in [-0.1, -0.05) is 24.3 Å². The van der Waals surface area contributed by atoms with E-state index >= 15 is 0 Å². The van der Waals surface area contributed by atoms with Crippen LogP contribution in [0.15, 0.2) is 64.8 Å². The minimum atomic E-state index is 0. The molecule has 1 amide bonds. The molecule has 6 nitrogen and oxygen atoms in total. The van der Waals surface area contributed by atoms with Crippen molar-refractivity contribution in [1.82, 2.24) is 4.90 Å². The number of nitrogens with zero attached hydrogens (tertiary/aromatic N) is 2. The lowest BCUT2D eigenvalue weighted by molar-refractivity contribution is -0.128. The number of amides is 1. The number of nitrogen functional groups attached to an aromatic ring is 1. The summed E-state index contributed by atoms with van der Waals surface area (Å²) in [6, 6.07) is 15.5. The predicted octanol–water partition coefficient (Wildman–Crippen LogP) is 3.50. The first kappa shape index (κ1) is 20.8. The summed E-state index contributed by atoms with van der Waals surface area (Å²) in [7, 11) is 0. The van der Waals surface area contributed by atoms with Crippen molar-refractivity contribution in [3.05, 3.63) is 59.8 Å². The number of anilines is 1. The van der Waals surface area contributed by atoms with Crippen LogP contribution in [0.4, 0.5) is 11.4 Å². The number of aliphatic imine (C=N–C) groups is 1. The molecule has 0 aliphatic carbocycles. The maximum atomic E-state index is 11.6. The number of amidine groups is 1. The number of carbonyl (C=O) groups is 1. The lowest BCUT2D eigenvalue weighted by Gasteiger charge is -2.28. The van der Waals surface area contributed by atoms with Gasteiger partial charge >= 0.3 is 0 Å². The molecule has 1 aliphatic rings. The minimum Gasteiger partial charge on any atom is -0.402 e. The Balaban J connectivity index is 0.00000261. The first-order valence-electron chi connectivity index (χ1n) is 8.47. The van der Waals surface area contributed by atoms with Gasteiger partial charge in [-0.25, -0.2) is 4.99 Å². The third kappa shape index (κ3) is 5.00. The van der Waals surface area contributed by atoms with E-state index in [1.165, 1.54) is 0 Å². The molecule has 0 saturated carbocycles. The van der Waals surface area contributed by atoms with Crippen LogP contribution in [-0.2, 0) is 4.79 Å². The molecule has 0 bridgehead atoms. The van der Waals surface area contributed by atoms with E-state index in [1.54, 1.807) is 11.8 Å². The van der Waals surface area contributed by atoms with Crippen molar-refractivity contribution in [2.45, 2.75) is 13.3 Å². The Bertz CT molecular complexity index is 900. The number of hydrogen-bond donors (Lipinski definition) is 3. The lowest BCUT2D eigenvalue weighted by Crippen LogP contribution is -2.40. The second-order valence-electron chi connectivity index (χ2n) is 6.36. The van der Waals surface area contributed by atoms with Gasteiger partial charge in [-0.05, 0) is 35.4 Å². The van der Waals surface area contributed by atoms with Gasteiger partial charge in [0.05, 0.1) is 12.2 Å². The van der Waals surface area contributed by atoms with Gasteiger partial charge in [-0.15, -0.1) is 24.0 Å². The van der Waals surface area contributed by atoms with Gasteiger partial charge < -0.3 is 22.1 Å². The van der Waals surface area contributed by atoms with Crippen molar-refractivity contribution >= 4 is 47.1 Å². The number of hydrogen-bond acceptors (Lipinski definition) is 4. The molecule has 1 aliphatic heterocycles. The fourth-order valence-electron chi connectivity index (χ4n) is 2.95. The lowest BCUT2D eigenvalue weighted by atomic mass is 10.0. The molecule has 146 valence electrons. The van der Waals surface area contributed by atoms with E-state index in [9.17, 15) is 4.79 Å². The normalized spacial score (nSPS) is 14.7. The molecule has 2 aromatic carbocycles. The molecule has 6 N–H and O–H groups in total. The molecule has 0 radical (unpaired) electrons. The standard InChI is InChI=1S/C20H23N5O.HI.2H2/c1-13(26)25-10-9-19(22)18(12-25)20(23)24-17-7-5-14(6-8-17)15-3-2-4-16(21)11-15;;;/h2-8,11H,9-10,12,21-22H2,1H3,(H2,23,24);3*1H. The highest BCUT2D eigenvalue weighted by Gasteiger charge is 2.21. The summed E-state index contributed by atoms with van der Waals surface area (Å²) in [5.74, 6) is 0.361. The Morgan fingerprint density at radius 2 is 1.81 bits per heavy atom. The highest BCUT2D eigenvalue weighted by atomic mass is 127. The number of benzene rings is 2. The molecule has 7 heteroatoms. The van der Waals surface area contributed by atoms with Crippen LogP contribution in [0.2, 0.25) is 0 Å². The second kappa shape index (κ2) is 8.90. The predicted molar refractivity (Wildman–Crippen MR) is 125 cm³/mol. The van der Waals surface area contributed by atoms with Crippen LogP contribution in [0.5, 0.6) is 0 Å². The van der Waals surface area contributed by atoms with Crippen LogP contribution in [0.3, 0.4) is 0 Å². The zero-order chi connectivity index (χ0) is 18.7. The van der Waals surface area contributed by atoms with Gasteiger partial charge in [0.25, 0.3) is 0 Å². The Morgan fingerprint density at radius 1 is 1.11 bits per heavy atom. The van der Waals surface area contributed by atoms with Crippen LogP contribution in [0.25, 0.3) is 11.1 Å². The van der Waals surface area contributed by atoms with Crippen molar-refractivity contribution in [1.29, 1.82) is 0 Å². The SMILES string of the molecule is CC(=O)N1CCC(N)=C(C(N)=Nc2ccc(-c3cccc(N)c3)cc2)C1.I.[HH].[HH]. The highest BCUT2D eigenvalue weighted by Crippen LogP contribution is 2.25. The maximum Gasteiger partial charge on any atom is 0.219 e. The average Bonchev–Trinajstić information content (AvgIpc) is 2.62. The fraction of sp³-hybridized carbons (Fsp3) is 0.200. The third-order valence-corrected chi connectivity index (χ3v) is 4.48. The van der Waals surface area contributed by atoms with Gasteiger partial charge in [0.1, 0.15) is 5.84 Å². The molecule has 27 heavy (non-hydrogen) atoms. The van der Waals surface area contributed by atoms with E-state index in [0.717, 1.165) is 28.1 Å². The van der Waals surface area contributed by atoms with E-state index in [4.69, 9.17) is 17.2 Å². The number of carbonyl (C=O) groups excluding carboxylic acids is 1. The summed E-state index contributed by atoms with van der Waals surface area (Å²) in [4.78, 5) is 17.8. The highest BCUT2D eigenvalue weighted by molar-refractivity contribution is 14.0. The average molecular weight is 481 g/mol. The Kier molecular flexibility index (Phi) is 6.84. The van der Waals surface area contributed by atoms with E-state index in [0.29, 0.717) is 31.0 Å². The van der Waals surface area contributed by atoms with Crippen LogP contribution in [0.1, 0.15) is 16.2 Å². The van der Waals surface area contributed by atoms with E-state index in [1.807, 2.05) is 48.5 Å². The molecule has 1 heterocycles. The van der Waals surface area contributed by atoms with Crippen LogP contribution in [0, 0.1) is 0 Å². The maximum absolute atomic E-state index is 11.6. The van der Waals surface area contributed by atoms with Crippen molar-refractivity contribution in [3.63, 3.8) is 0 Å². The van der Waals surface area contributed by atoms with Crippen molar-refractivity contribution in [2.75, 3.05) is 18.8 Å². The topological polar surface area (TPSA) is 111 Å². The molecule has 3 rings (SSSR count). The molecule has 0 aromatic heterocycles. The minimum absolute atomic E-state index is 0. The van der Waals surface area contributed by atoms with Crippen LogP contribution < -0.4 is 17.2 Å². The second-order valence-corrected chi connectivity index (χ2v) is 6.36. The van der Waals surface area contributed by atoms with Crippen molar-refractivity contribution in [3.8, 4) is 11.1 Å².